The lowest BCUT2D eigenvalue weighted by atomic mass is 10.2. The monoisotopic (exact) mass is 286 g/mol. The second-order valence-corrected chi connectivity index (χ2v) is 3.49. The summed E-state index contributed by atoms with van der Waals surface area (Å²) in [6.45, 7) is -2.34. The Balaban J connectivity index is 2.56. The quantitative estimate of drug-likeness (QED) is 0.833. The molecule has 1 aromatic carbocycles. The van der Waals surface area contributed by atoms with Gasteiger partial charge in [-0.1, -0.05) is 0 Å². The Morgan fingerprint density at radius 3 is 2.11 bits per heavy atom. The number of carbonyl (C=O) groups is 1. The minimum Gasteiger partial charge on any atom is -0.371 e. The molecule has 0 heterocycles. The molecular formula is C10H8F6N2O. The Kier molecular flexibility index (Phi) is 4.62. The van der Waals surface area contributed by atoms with Crippen LogP contribution in [-0.2, 0) is 4.79 Å². The molecule has 0 saturated carbocycles. The van der Waals surface area contributed by atoms with Gasteiger partial charge in [-0.3, -0.25) is 4.79 Å². The van der Waals surface area contributed by atoms with Crippen LogP contribution in [-0.4, -0.2) is 25.2 Å². The summed E-state index contributed by atoms with van der Waals surface area (Å²) >= 11 is 0. The number of halogens is 6. The second kappa shape index (κ2) is 5.81. The van der Waals surface area contributed by atoms with Crippen molar-refractivity contribution in [1.82, 2.24) is 5.32 Å². The van der Waals surface area contributed by atoms with Crippen molar-refractivity contribution in [3.63, 3.8) is 0 Å². The van der Waals surface area contributed by atoms with E-state index >= 15 is 0 Å². The third-order valence-corrected chi connectivity index (χ3v) is 1.92. The van der Waals surface area contributed by atoms with E-state index in [2.05, 4.69) is 0 Å². The van der Waals surface area contributed by atoms with Crippen LogP contribution >= 0.6 is 0 Å². The van der Waals surface area contributed by atoms with E-state index in [0.717, 1.165) is 0 Å². The van der Waals surface area contributed by atoms with Crippen molar-refractivity contribution in [2.75, 3.05) is 18.4 Å². The summed E-state index contributed by atoms with van der Waals surface area (Å²) in [5.74, 6) is -4.84. The van der Waals surface area contributed by atoms with Crippen LogP contribution in [0, 0.1) is 17.5 Å². The van der Waals surface area contributed by atoms with Crippen LogP contribution < -0.4 is 10.6 Å². The van der Waals surface area contributed by atoms with E-state index in [4.69, 9.17) is 0 Å². The van der Waals surface area contributed by atoms with Crippen LogP contribution in [0.2, 0.25) is 0 Å². The maximum Gasteiger partial charge on any atom is 0.405 e. The zero-order valence-corrected chi connectivity index (χ0v) is 9.24. The number of anilines is 1. The first-order chi connectivity index (χ1) is 8.69. The fourth-order valence-corrected chi connectivity index (χ4v) is 1.14. The van der Waals surface area contributed by atoms with Crippen molar-refractivity contribution < 1.29 is 31.1 Å². The van der Waals surface area contributed by atoms with E-state index in [-0.39, 0.29) is 0 Å². The van der Waals surface area contributed by atoms with Crippen LogP contribution in [0.15, 0.2) is 12.1 Å². The molecule has 0 unspecified atom stereocenters. The Hall–Kier alpha value is -1.93. The number of rotatable bonds is 4. The molecule has 0 aliphatic heterocycles. The standard InChI is InChI=1S/C10H8F6N2O/c11-5-1-6(12)9(7(13)2-5)17-3-8(19)18-4-10(14,15)16/h1-2,17H,3-4H2,(H,18,19). The highest BCUT2D eigenvalue weighted by Gasteiger charge is 2.27. The molecule has 1 amide bonds. The Morgan fingerprint density at radius 1 is 1.11 bits per heavy atom. The first-order valence-electron chi connectivity index (χ1n) is 4.91. The maximum atomic E-state index is 13.1. The fraction of sp³-hybridized carbons (Fsp3) is 0.300. The number of amides is 1. The molecule has 1 rings (SSSR count). The van der Waals surface area contributed by atoms with Gasteiger partial charge in [0, 0.05) is 12.1 Å². The predicted molar refractivity (Wildman–Crippen MR) is 53.9 cm³/mol. The molecule has 1 aromatic rings. The van der Waals surface area contributed by atoms with Gasteiger partial charge in [0.15, 0.2) is 11.6 Å². The van der Waals surface area contributed by atoms with E-state index in [1.807, 2.05) is 5.32 Å². The molecule has 0 aliphatic carbocycles. The van der Waals surface area contributed by atoms with Crippen LogP contribution in [0.1, 0.15) is 0 Å². The summed E-state index contributed by atoms with van der Waals surface area (Å²) in [6.07, 6.45) is -4.58. The second-order valence-electron chi connectivity index (χ2n) is 3.49. The third kappa shape index (κ3) is 5.06. The minimum absolute atomic E-state index is 0.374. The lowest BCUT2D eigenvalue weighted by Gasteiger charge is -2.10. The zero-order valence-electron chi connectivity index (χ0n) is 9.24. The maximum absolute atomic E-state index is 13.1. The molecule has 0 atom stereocenters. The van der Waals surface area contributed by atoms with Crippen LogP contribution in [0.5, 0.6) is 0 Å². The van der Waals surface area contributed by atoms with Crippen molar-refractivity contribution in [2.45, 2.75) is 6.18 Å². The van der Waals surface area contributed by atoms with Crippen molar-refractivity contribution in [2.24, 2.45) is 0 Å². The molecule has 0 fully saturated rings. The molecule has 0 radical (unpaired) electrons. The highest BCUT2D eigenvalue weighted by Crippen LogP contribution is 2.19. The van der Waals surface area contributed by atoms with Crippen LogP contribution in [0.4, 0.5) is 32.0 Å². The SMILES string of the molecule is O=C(CNc1c(F)cc(F)cc1F)NCC(F)(F)F. The summed E-state index contributed by atoms with van der Waals surface area (Å²) < 4.78 is 74.0. The minimum atomic E-state index is -4.58. The normalized spacial score (nSPS) is 11.3. The number of nitrogens with one attached hydrogen (secondary N) is 2. The molecule has 9 heteroatoms. The molecule has 0 aliphatic rings. The molecule has 0 bridgehead atoms. The van der Waals surface area contributed by atoms with Gasteiger partial charge >= 0.3 is 6.18 Å². The molecule has 0 spiro atoms. The van der Waals surface area contributed by atoms with E-state index < -0.39 is 48.3 Å². The lowest BCUT2D eigenvalue weighted by Crippen LogP contribution is -2.37. The first-order valence-corrected chi connectivity index (χ1v) is 4.91. The summed E-state index contributed by atoms with van der Waals surface area (Å²) in [5.41, 5.74) is -0.788. The average molecular weight is 286 g/mol. The Labute approximate surface area is 103 Å². The Bertz CT molecular complexity index is 451. The van der Waals surface area contributed by atoms with Crippen molar-refractivity contribution in [3.05, 3.63) is 29.6 Å². The topological polar surface area (TPSA) is 41.1 Å². The van der Waals surface area contributed by atoms with E-state index in [9.17, 15) is 31.1 Å². The van der Waals surface area contributed by atoms with Crippen molar-refractivity contribution in [3.8, 4) is 0 Å². The smallest absolute Gasteiger partial charge is 0.371 e. The summed E-state index contributed by atoms with van der Waals surface area (Å²) in [5, 5.41) is 3.45. The van der Waals surface area contributed by atoms with Crippen LogP contribution in [0.3, 0.4) is 0 Å². The van der Waals surface area contributed by atoms with E-state index in [0.29, 0.717) is 12.1 Å². The number of benzene rings is 1. The first kappa shape index (κ1) is 15.1. The van der Waals surface area contributed by atoms with Crippen molar-refractivity contribution in [1.29, 1.82) is 0 Å². The van der Waals surface area contributed by atoms with Gasteiger partial charge in [-0.2, -0.15) is 13.2 Å². The van der Waals surface area contributed by atoms with E-state index in [1.165, 1.54) is 5.32 Å². The van der Waals surface area contributed by atoms with Gasteiger partial charge in [0.2, 0.25) is 5.91 Å². The van der Waals surface area contributed by atoms with E-state index in [1.54, 1.807) is 0 Å². The van der Waals surface area contributed by atoms with Gasteiger partial charge in [-0.25, -0.2) is 13.2 Å². The molecule has 106 valence electrons. The molecule has 0 saturated heterocycles. The summed E-state index contributed by atoms with van der Waals surface area (Å²) in [6, 6.07) is 0.748. The number of hydrogen-bond donors (Lipinski definition) is 2. The summed E-state index contributed by atoms with van der Waals surface area (Å²) in [7, 11) is 0. The fourth-order valence-electron chi connectivity index (χ4n) is 1.14. The van der Waals surface area contributed by atoms with Gasteiger partial charge in [-0.15, -0.1) is 0 Å². The highest BCUT2D eigenvalue weighted by molar-refractivity contribution is 5.80. The predicted octanol–water partition coefficient (Wildman–Crippen LogP) is 2.19. The number of hydrogen-bond acceptors (Lipinski definition) is 2. The molecule has 3 nitrogen and oxygen atoms in total. The molecular weight excluding hydrogens is 278 g/mol. The average Bonchev–Trinajstić information content (AvgIpc) is 2.23. The Morgan fingerprint density at radius 2 is 1.63 bits per heavy atom. The van der Waals surface area contributed by atoms with Gasteiger partial charge in [0.25, 0.3) is 0 Å². The number of alkyl halides is 3. The van der Waals surface area contributed by atoms with Crippen LogP contribution in [0.25, 0.3) is 0 Å². The lowest BCUT2D eigenvalue weighted by molar-refractivity contribution is -0.137. The molecule has 2 N–H and O–H groups in total. The van der Waals surface area contributed by atoms with Crippen molar-refractivity contribution >= 4 is 11.6 Å². The third-order valence-electron chi connectivity index (χ3n) is 1.92. The largest absolute Gasteiger partial charge is 0.405 e. The number of carbonyl (C=O) groups excluding carboxylic acids is 1. The zero-order chi connectivity index (χ0) is 14.6. The van der Waals surface area contributed by atoms with Gasteiger partial charge in [0.05, 0.1) is 6.54 Å². The molecule has 19 heavy (non-hydrogen) atoms. The highest BCUT2D eigenvalue weighted by atomic mass is 19.4. The molecule has 0 aromatic heterocycles. The van der Waals surface area contributed by atoms with Gasteiger partial charge < -0.3 is 10.6 Å². The van der Waals surface area contributed by atoms with Gasteiger partial charge in [-0.05, 0) is 0 Å². The summed E-state index contributed by atoms with van der Waals surface area (Å²) in [4.78, 5) is 11.0. The van der Waals surface area contributed by atoms with Gasteiger partial charge in [0.1, 0.15) is 18.0 Å².